The second-order valence-corrected chi connectivity index (χ2v) is 27.1. The number of rotatable bonds is 7. The number of aromatic nitrogens is 4. The molecule has 0 saturated heterocycles. The number of pyridine rings is 2. The van der Waals surface area contributed by atoms with Gasteiger partial charge in [-0.25, -0.2) is 0 Å². The van der Waals surface area contributed by atoms with Gasteiger partial charge in [-0.3, -0.25) is 4.98 Å². The maximum atomic E-state index is 5.89. The molecule has 0 aliphatic carbocycles. The summed E-state index contributed by atoms with van der Waals surface area (Å²) < 4.78 is 9.68. The third kappa shape index (κ3) is 8.41. The Labute approximate surface area is 374 Å². The SMILES string of the molecule is Cc1ccc2c(n1)oc1c[c-]c(-c3cc(C(C)C)[c]([Ge]([CH3])([CH3])[CH3])cn3)cc12.[Ir].[c-]1ccccc1-c1nc2ccccc2n1-c1c(-c2ccccc2)cccc1-c1ccccc1. The third-order valence-corrected chi connectivity index (χ3v) is 15.3. The van der Waals surface area contributed by atoms with E-state index in [2.05, 4.69) is 180 Å². The van der Waals surface area contributed by atoms with E-state index in [4.69, 9.17) is 14.4 Å². The van der Waals surface area contributed by atoms with Crippen molar-refractivity contribution in [1.29, 1.82) is 0 Å². The Morgan fingerprint density at radius 1 is 0.656 bits per heavy atom. The molecule has 0 unspecified atom stereocenters. The zero-order chi connectivity index (χ0) is 41.4. The monoisotopic (exact) mass is 1030 g/mol. The molecular weight excluding hydrogens is 985 g/mol. The maximum absolute atomic E-state index is 5.89. The number of benzene rings is 6. The van der Waals surface area contributed by atoms with Crippen molar-refractivity contribution >= 4 is 50.8 Å². The van der Waals surface area contributed by atoms with Crippen LogP contribution in [0.1, 0.15) is 31.0 Å². The van der Waals surface area contributed by atoms with E-state index in [9.17, 15) is 0 Å². The largest absolute Gasteiger partial charge is 0.332 e. The van der Waals surface area contributed by atoms with Crippen LogP contribution in [0, 0.1) is 19.1 Å². The molecule has 7 heteroatoms. The number of nitrogens with zero attached hydrogens (tertiary/aromatic N) is 4. The van der Waals surface area contributed by atoms with E-state index in [1.165, 1.54) is 21.1 Å². The van der Waals surface area contributed by atoms with Crippen LogP contribution >= 0.6 is 0 Å². The molecule has 0 aliphatic rings. The van der Waals surface area contributed by atoms with Gasteiger partial charge in [-0.2, -0.15) is 0 Å². The molecule has 0 N–H and O–H groups in total. The zero-order valence-corrected chi connectivity index (χ0v) is 39.7. The molecule has 0 amide bonds. The van der Waals surface area contributed by atoms with Crippen molar-refractivity contribution in [3.63, 3.8) is 0 Å². The number of hydrogen-bond donors (Lipinski definition) is 0. The molecule has 0 aliphatic heterocycles. The van der Waals surface area contributed by atoms with Gasteiger partial charge in [-0.05, 0) is 23.3 Å². The summed E-state index contributed by atoms with van der Waals surface area (Å²) in [6, 6.07) is 61.2. The van der Waals surface area contributed by atoms with Crippen LogP contribution in [0.2, 0.25) is 17.3 Å². The van der Waals surface area contributed by atoms with Crippen LogP contribution in [0.5, 0.6) is 0 Å². The van der Waals surface area contributed by atoms with E-state index < -0.39 is 13.3 Å². The van der Waals surface area contributed by atoms with Crippen LogP contribution in [0.3, 0.4) is 0 Å². The molecule has 61 heavy (non-hydrogen) atoms. The fraction of sp³-hybridized carbons (Fsp3) is 0.130. The first-order valence-corrected chi connectivity index (χ1v) is 27.9. The molecule has 6 aromatic carbocycles. The van der Waals surface area contributed by atoms with Gasteiger partial charge >= 0.3 is 163 Å². The van der Waals surface area contributed by atoms with E-state index >= 15 is 0 Å². The molecule has 1 radical (unpaired) electrons. The van der Waals surface area contributed by atoms with Gasteiger partial charge in [0.05, 0.1) is 22.5 Å². The fourth-order valence-corrected chi connectivity index (χ4v) is 11.5. The Morgan fingerprint density at radius 2 is 1.33 bits per heavy atom. The van der Waals surface area contributed by atoms with Gasteiger partial charge in [-0.15, -0.1) is 35.9 Å². The van der Waals surface area contributed by atoms with Crippen LogP contribution in [0.15, 0.2) is 168 Å². The van der Waals surface area contributed by atoms with Gasteiger partial charge in [0.2, 0.25) is 0 Å². The summed E-state index contributed by atoms with van der Waals surface area (Å²) in [5.74, 6) is 8.64. The first-order chi connectivity index (χ1) is 29.1. The minimum Gasteiger partial charge on any atom is -0.332 e. The minimum absolute atomic E-state index is 0. The Bertz CT molecular complexity index is 3060. The number of aryl methyl sites for hydroxylation is 1. The van der Waals surface area contributed by atoms with Gasteiger partial charge in [-0.1, -0.05) is 91.0 Å². The number of para-hydroxylation sites is 3. The average molecular weight is 1030 g/mol. The van der Waals surface area contributed by atoms with Crippen molar-refractivity contribution in [3.05, 3.63) is 187 Å². The molecule has 0 spiro atoms. The van der Waals surface area contributed by atoms with Crippen molar-refractivity contribution in [1.82, 2.24) is 19.5 Å². The standard InChI is InChI=1S/C31H21N2.C23H25GeN2O.Ir/c1-4-13-23(14-5-1)26-19-12-20-27(24-15-6-2-7-16-24)30(26)33-29-22-11-10-21-28(29)32-31(33)25-17-8-3-9-18-25;1-14(2)18-12-21(25-13-20(18)24(4,5)6)16-8-10-22-19(11-16)17-9-7-15(3)26-23(17)27-22;/h1-17,19-22H;7,9-14H,1-6H3;/q2*-1;. The van der Waals surface area contributed by atoms with E-state index in [-0.39, 0.29) is 20.1 Å². The quantitative estimate of drug-likeness (QED) is 0.118. The van der Waals surface area contributed by atoms with E-state index in [1.807, 2.05) is 43.3 Å². The van der Waals surface area contributed by atoms with Gasteiger partial charge < -0.3 is 4.57 Å². The molecule has 0 saturated carbocycles. The molecule has 10 rings (SSSR count). The van der Waals surface area contributed by atoms with Crippen LogP contribution in [-0.2, 0) is 20.1 Å². The minimum atomic E-state index is -1.96. The van der Waals surface area contributed by atoms with Crippen LogP contribution in [0.4, 0.5) is 0 Å². The van der Waals surface area contributed by atoms with Crippen molar-refractivity contribution in [2.45, 2.75) is 44.0 Å². The molecule has 0 atom stereocenters. The average Bonchev–Trinajstić information content (AvgIpc) is 3.84. The Hall–Kier alpha value is -5.92. The molecule has 0 fully saturated rings. The predicted octanol–water partition coefficient (Wildman–Crippen LogP) is 13.6. The number of furan rings is 1. The van der Waals surface area contributed by atoms with E-state index in [0.717, 1.165) is 72.5 Å². The fourth-order valence-electron chi connectivity index (χ4n) is 8.01. The molecule has 303 valence electrons. The Balaban J connectivity index is 0.000000169. The summed E-state index contributed by atoms with van der Waals surface area (Å²) in [6.45, 7) is 6.50. The molecule has 4 heterocycles. The summed E-state index contributed by atoms with van der Waals surface area (Å²) in [5.41, 5.74) is 14.7. The van der Waals surface area contributed by atoms with Crippen molar-refractivity contribution < 1.29 is 24.5 Å². The third-order valence-electron chi connectivity index (χ3n) is 11.0. The normalized spacial score (nSPS) is 11.5. The number of hydrogen-bond acceptors (Lipinski definition) is 4. The molecular formula is C54H46GeIrN4O-2. The van der Waals surface area contributed by atoms with Gasteiger partial charge in [0, 0.05) is 31.2 Å². The smallest absolute Gasteiger partial charge is 0.0774 e. The summed E-state index contributed by atoms with van der Waals surface area (Å²) in [6.07, 6.45) is 2.11. The summed E-state index contributed by atoms with van der Waals surface area (Å²) in [5, 5.41) is 2.10. The molecule has 4 aromatic heterocycles. The molecule has 10 aromatic rings. The van der Waals surface area contributed by atoms with Gasteiger partial charge in [0.25, 0.3) is 0 Å². The Morgan fingerprint density at radius 3 is 1.98 bits per heavy atom. The second kappa shape index (κ2) is 17.6. The van der Waals surface area contributed by atoms with Crippen molar-refractivity contribution in [2.75, 3.05) is 0 Å². The van der Waals surface area contributed by atoms with Crippen LogP contribution < -0.4 is 4.40 Å². The first kappa shape index (κ1) is 41.8. The molecule has 0 bridgehead atoms. The van der Waals surface area contributed by atoms with E-state index in [0.29, 0.717) is 11.6 Å². The molecule has 5 nitrogen and oxygen atoms in total. The van der Waals surface area contributed by atoms with E-state index in [1.54, 1.807) is 0 Å². The summed E-state index contributed by atoms with van der Waals surface area (Å²) >= 11 is -1.96. The first-order valence-electron chi connectivity index (χ1n) is 20.6. The zero-order valence-electron chi connectivity index (χ0n) is 35.2. The topological polar surface area (TPSA) is 56.7 Å². The number of fused-ring (bicyclic) bond motifs is 4. The van der Waals surface area contributed by atoms with Gasteiger partial charge in [0.1, 0.15) is 0 Å². The predicted molar refractivity (Wildman–Crippen MR) is 252 cm³/mol. The Kier molecular flexibility index (Phi) is 12.1. The van der Waals surface area contributed by atoms with Crippen LogP contribution in [-0.4, -0.2) is 32.8 Å². The van der Waals surface area contributed by atoms with Crippen molar-refractivity contribution in [2.24, 2.45) is 0 Å². The summed E-state index contributed by atoms with van der Waals surface area (Å²) in [7, 11) is 0. The van der Waals surface area contributed by atoms with Crippen LogP contribution in [0.25, 0.3) is 83.7 Å². The second-order valence-electron chi connectivity index (χ2n) is 16.6. The number of imidazole rings is 1. The maximum Gasteiger partial charge on any atom is 0.0774 e. The summed E-state index contributed by atoms with van der Waals surface area (Å²) in [4.78, 5) is 14.4. The van der Waals surface area contributed by atoms with Gasteiger partial charge in [0.15, 0.2) is 0 Å². The van der Waals surface area contributed by atoms with Crippen molar-refractivity contribution in [3.8, 4) is 50.6 Å².